The Hall–Kier alpha value is -2.50. The van der Waals surface area contributed by atoms with Gasteiger partial charge in [-0.15, -0.1) is 0 Å². The molecule has 0 radical (unpaired) electrons. The summed E-state index contributed by atoms with van der Waals surface area (Å²) in [5.74, 6) is 1.60. The lowest BCUT2D eigenvalue weighted by Crippen LogP contribution is -2.52. The number of carbonyl (C=O) groups is 1. The fraction of sp³-hybridized carbons (Fsp3) is 0.474. The fourth-order valence-corrected chi connectivity index (χ4v) is 3.64. The van der Waals surface area contributed by atoms with Gasteiger partial charge < -0.3 is 14.4 Å². The Kier molecular flexibility index (Phi) is 4.11. The molecule has 3 atom stereocenters. The van der Waals surface area contributed by atoms with Crippen LogP contribution in [0.2, 0.25) is 0 Å². The number of aromatic nitrogens is 2. The fourth-order valence-electron chi connectivity index (χ4n) is 3.64. The van der Waals surface area contributed by atoms with Gasteiger partial charge in [-0.1, -0.05) is 12.1 Å². The lowest BCUT2D eigenvalue weighted by Gasteiger charge is -2.37. The minimum atomic E-state index is -0.602. The van der Waals surface area contributed by atoms with Gasteiger partial charge in [0.1, 0.15) is 6.10 Å². The number of hydrogen-bond donors (Lipinski definition) is 1. The molecule has 1 aromatic carbocycles. The van der Waals surface area contributed by atoms with E-state index in [4.69, 9.17) is 9.47 Å². The number of rotatable bonds is 2. The molecular weight excluding hydrogens is 318 g/mol. The van der Waals surface area contributed by atoms with Crippen LogP contribution >= 0.6 is 0 Å². The van der Waals surface area contributed by atoms with Crippen molar-refractivity contribution in [2.45, 2.75) is 44.8 Å². The number of nitrogens with one attached hydrogen (secondary N) is 1. The van der Waals surface area contributed by atoms with Crippen LogP contribution in [0.5, 0.6) is 11.5 Å². The molecule has 0 saturated carbocycles. The van der Waals surface area contributed by atoms with E-state index in [1.807, 2.05) is 43.0 Å². The Balaban J connectivity index is 1.49. The molecule has 0 spiro atoms. The molecule has 2 aliphatic heterocycles. The van der Waals surface area contributed by atoms with Crippen molar-refractivity contribution in [3.8, 4) is 11.5 Å². The molecule has 0 bridgehead atoms. The predicted octanol–water partition coefficient (Wildman–Crippen LogP) is 2.65. The molecule has 0 unspecified atom stereocenters. The zero-order chi connectivity index (χ0) is 17.4. The predicted molar refractivity (Wildman–Crippen MR) is 92.8 cm³/mol. The number of likely N-dealkylation sites (tertiary alicyclic amines) is 1. The van der Waals surface area contributed by atoms with E-state index in [0.29, 0.717) is 18.0 Å². The van der Waals surface area contributed by atoms with Gasteiger partial charge >= 0.3 is 0 Å². The van der Waals surface area contributed by atoms with Gasteiger partial charge in [-0.05, 0) is 44.9 Å². The summed E-state index contributed by atoms with van der Waals surface area (Å²) in [6, 6.07) is 9.56. The second-order valence-corrected chi connectivity index (χ2v) is 6.91. The summed E-state index contributed by atoms with van der Waals surface area (Å²) in [4.78, 5) is 14.9. The second-order valence-electron chi connectivity index (χ2n) is 6.91. The Morgan fingerprint density at radius 2 is 2.04 bits per heavy atom. The van der Waals surface area contributed by atoms with Gasteiger partial charge in [0.05, 0.1) is 5.69 Å². The van der Waals surface area contributed by atoms with Crippen molar-refractivity contribution < 1.29 is 14.3 Å². The van der Waals surface area contributed by atoms with Crippen LogP contribution in [0, 0.1) is 6.92 Å². The number of benzene rings is 1. The minimum absolute atomic E-state index is 0.000962. The molecule has 0 aliphatic carbocycles. The minimum Gasteiger partial charge on any atom is -0.482 e. The van der Waals surface area contributed by atoms with Gasteiger partial charge in [-0.25, -0.2) is 0 Å². The highest BCUT2D eigenvalue weighted by Gasteiger charge is 2.38. The molecule has 132 valence electrons. The van der Waals surface area contributed by atoms with Crippen molar-refractivity contribution in [3.63, 3.8) is 0 Å². The molecule has 1 aromatic heterocycles. The molecule has 1 amide bonds. The molecule has 6 nitrogen and oxygen atoms in total. The van der Waals surface area contributed by atoms with Crippen LogP contribution in [-0.2, 0) is 4.79 Å². The summed E-state index contributed by atoms with van der Waals surface area (Å²) in [6.45, 7) is 5.32. The molecule has 25 heavy (non-hydrogen) atoms. The first-order chi connectivity index (χ1) is 12.1. The van der Waals surface area contributed by atoms with Gasteiger partial charge in [0.15, 0.2) is 11.5 Å². The summed E-state index contributed by atoms with van der Waals surface area (Å²) in [5, 5.41) is 7.36. The van der Waals surface area contributed by atoms with E-state index in [1.54, 1.807) is 0 Å². The maximum Gasteiger partial charge on any atom is 0.267 e. The average molecular weight is 341 g/mol. The van der Waals surface area contributed by atoms with E-state index in [9.17, 15) is 4.79 Å². The largest absolute Gasteiger partial charge is 0.482 e. The number of H-pyrrole nitrogens is 1. The van der Waals surface area contributed by atoms with Crippen molar-refractivity contribution in [2.75, 3.05) is 13.1 Å². The summed E-state index contributed by atoms with van der Waals surface area (Å²) < 4.78 is 11.8. The van der Waals surface area contributed by atoms with E-state index in [2.05, 4.69) is 16.3 Å². The van der Waals surface area contributed by atoms with Crippen molar-refractivity contribution >= 4 is 5.91 Å². The molecule has 1 N–H and O–H groups in total. The van der Waals surface area contributed by atoms with Crippen molar-refractivity contribution in [1.29, 1.82) is 0 Å². The summed E-state index contributed by atoms with van der Waals surface area (Å²) in [5.41, 5.74) is 2.09. The zero-order valence-electron chi connectivity index (χ0n) is 14.6. The number of aryl methyl sites for hydroxylation is 1. The maximum atomic E-state index is 13.0. The monoisotopic (exact) mass is 341 g/mol. The summed E-state index contributed by atoms with van der Waals surface area (Å²) in [7, 11) is 0. The summed E-state index contributed by atoms with van der Waals surface area (Å²) in [6.07, 6.45) is 1.11. The van der Waals surface area contributed by atoms with Gasteiger partial charge in [0, 0.05) is 24.7 Å². The third kappa shape index (κ3) is 3.08. The van der Waals surface area contributed by atoms with Crippen LogP contribution in [0.1, 0.15) is 37.1 Å². The molecular formula is C19H23N3O3. The first-order valence-corrected chi connectivity index (χ1v) is 8.85. The molecule has 3 heterocycles. The van der Waals surface area contributed by atoms with Gasteiger partial charge in [-0.2, -0.15) is 5.10 Å². The highest BCUT2D eigenvalue weighted by atomic mass is 16.6. The van der Waals surface area contributed by atoms with Crippen LogP contribution in [0.15, 0.2) is 30.3 Å². The van der Waals surface area contributed by atoms with E-state index in [0.717, 1.165) is 30.8 Å². The molecule has 2 aliphatic rings. The van der Waals surface area contributed by atoms with E-state index in [-0.39, 0.29) is 17.9 Å². The number of ether oxygens (including phenoxy) is 2. The van der Waals surface area contributed by atoms with Crippen LogP contribution in [0.25, 0.3) is 0 Å². The number of aromatic amines is 1. The molecule has 6 heteroatoms. The van der Waals surface area contributed by atoms with Crippen LogP contribution < -0.4 is 9.47 Å². The van der Waals surface area contributed by atoms with E-state index >= 15 is 0 Å². The van der Waals surface area contributed by atoms with Crippen molar-refractivity contribution in [3.05, 3.63) is 41.7 Å². The number of nitrogens with zero attached hydrogens (tertiary/aromatic N) is 2. The first-order valence-electron chi connectivity index (χ1n) is 8.85. The number of fused-ring (bicyclic) bond motifs is 1. The van der Waals surface area contributed by atoms with Crippen LogP contribution in [0.4, 0.5) is 0 Å². The molecule has 4 rings (SSSR count). The Morgan fingerprint density at radius 3 is 2.76 bits per heavy atom. The SMILES string of the molecule is Cc1cc([C@@H]2CCCN(C(=O)[C@H]3Oc4ccccc4O[C@H]3C)C2)n[nH]1. The third-order valence-corrected chi connectivity index (χ3v) is 4.96. The number of para-hydroxylation sites is 2. The number of amides is 1. The molecule has 1 saturated heterocycles. The van der Waals surface area contributed by atoms with E-state index < -0.39 is 6.10 Å². The normalized spacial score (nSPS) is 25.7. The van der Waals surface area contributed by atoms with E-state index in [1.165, 1.54) is 0 Å². The zero-order valence-corrected chi connectivity index (χ0v) is 14.6. The van der Waals surface area contributed by atoms with Crippen LogP contribution in [-0.4, -0.2) is 46.3 Å². The maximum absolute atomic E-state index is 13.0. The Labute approximate surface area is 147 Å². The van der Waals surface area contributed by atoms with Gasteiger partial charge in [-0.3, -0.25) is 9.89 Å². The second kappa shape index (κ2) is 6.43. The smallest absolute Gasteiger partial charge is 0.267 e. The van der Waals surface area contributed by atoms with Crippen molar-refractivity contribution in [2.24, 2.45) is 0 Å². The standard InChI is InChI=1S/C19H23N3O3/c1-12-10-15(21-20-12)14-6-5-9-22(11-14)19(23)18-13(2)24-16-7-3-4-8-17(16)25-18/h3-4,7-8,10,13-14,18H,5-6,9,11H2,1-2H3,(H,20,21)/t13-,14+,18-/m0/s1. The quantitative estimate of drug-likeness (QED) is 0.912. The number of carbonyl (C=O) groups excluding carboxylic acids is 1. The highest BCUT2D eigenvalue weighted by molar-refractivity contribution is 5.82. The number of piperidine rings is 1. The Morgan fingerprint density at radius 1 is 1.28 bits per heavy atom. The Bertz CT molecular complexity index is 773. The average Bonchev–Trinajstić information content (AvgIpc) is 3.07. The first kappa shape index (κ1) is 16.0. The summed E-state index contributed by atoms with van der Waals surface area (Å²) >= 11 is 0. The highest BCUT2D eigenvalue weighted by Crippen LogP contribution is 2.34. The molecule has 1 fully saturated rings. The lowest BCUT2D eigenvalue weighted by molar-refractivity contribution is -0.145. The van der Waals surface area contributed by atoms with Gasteiger partial charge in [0.25, 0.3) is 5.91 Å². The van der Waals surface area contributed by atoms with Gasteiger partial charge in [0.2, 0.25) is 6.10 Å². The van der Waals surface area contributed by atoms with Crippen LogP contribution in [0.3, 0.4) is 0 Å². The van der Waals surface area contributed by atoms with Crippen molar-refractivity contribution in [1.82, 2.24) is 15.1 Å². The topological polar surface area (TPSA) is 67.5 Å². The lowest BCUT2D eigenvalue weighted by atomic mass is 9.94. The number of hydrogen-bond acceptors (Lipinski definition) is 4. The third-order valence-electron chi connectivity index (χ3n) is 4.96. The molecule has 2 aromatic rings.